The van der Waals surface area contributed by atoms with Crippen LogP contribution < -0.4 is 0 Å². The fraction of sp³-hybridized carbons (Fsp3) is 1.00. The molecule has 0 amide bonds. The average molecular weight is 289 g/mol. The lowest BCUT2D eigenvalue weighted by Gasteiger charge is -2.52. The van der Waals surface area contributed by atoms with Crippen LogP contribution in [0.1, 0.15) is 84.5 Å². The van der Waals surface area contributed by atoms with E-state index in [9.17, 15) is 0 Å². The van der Waals surface area contributed by atoms with Crippen LogP contribution >= 0.6 is 0 Å². The Balaban J connectivity index is 0.00000115. The van der Waals surface area contributed by atoms with Gasteiger partial charge in [0.15, 0.2) is 0 Å². The second kappa shape index (κ2) is 5.57. The molecule has 0 N–H and O–H groups in total. The van der Waals surface area contributed by atoms with Crippen LogP contribution in [-0.4, -0.2) is 0 Å². The van der Waals surface area contributed by atoms with Gasteiger partial charge in [-0.3, -0.25) is 0 Å². The summed E-state index contributed by atoms with van der Waals surface area (Å²) >= 11 is 0. The first kappa shape index (κ1) is 14.6. The van der Waals surface area contributed by atoms with Crippen LogP contribution in [0.3, 0.4) is 0 Å². The van der Waals surface area contributed by atoms with Crippen molar-refractivity contribution in [2.45, 2.75) is 84.5 Å². The quantitative estimate of drug-likeness (QED) is 0.490. The van der Waals surface area contributed by atoms with Gasteiger partial charge in [0.2, 0.25) is 0 Å². The summed E-state index contributed by atoms with van der Waals surface area (Å²) in [6, 6.07) is 0. The van der Waals surface area contributed by atoms with Crippen LogP contribution in [0.2, 0.25) is 0 Å². The molecule has 0 aromatic heterocycles. The molecule has 0 spiro atoms. The van der Waals surface area contributed by atoms with Gasteiger partial charge in [-0.2, -0.15) is 0 Å². The Morgan fingerprint density at radius 1 is 0.429 bits per heavy atom. The molecule has 0 heteroatoms. The summed E-state index contributed by atoms with van der Waals surface area (Å²) in [5, 5.41) is 0. The minimum atomic E-state index is 0. The molecule has 8 unspecified atom stereocenters. The molecule has 5 aliphatic rings. The molecule has 5 saturated carbocycles. The molecule has 0 aliphatic heterocycles. The Labute approximate surface area is 132 Å². The SMILES string of the molecule is C.C1CCC2C(C1)CCC1C2CCC2CC3CCCC3C21. The van der Waals surface area contributed by atoms with E-state index in [4.69, 9.17) is 0 Å². The number of hydrogen-bond donors (Lipinski definition) is 0. The predicted molar refractivity (Wildman–Crippen MR) is 90.1 cm³/mol. The van der Waals surface area contributed by atoms with E-state index in [1.165, 1.54) is 41.4 Å². The van der Waals surface area contributed by atoms with Crippen molar-refractivity contribution < 1.29 is 0 Å². The monoisotopic (exact) mass is 288 g/mol. The summed E-state index contributed by atoms with van der Waals surface area (Å²) < 4.78 is 0. The molecule has 21 heavy (non-hydrogen) atoms. The predicted octanol–water partition coefficient (Wildman–Crippen LogP) is 6.30. The Bertz CT molecular complexity index is 372. The molecule has 0 nitrogen and oxygen atoms in total. The number of rotatable bonds is 0. The van der Waals surface area contributed by atoms with Gasteiger partial charge in [-0.1, -0.05) is 39.5 Å². The lowest BCUT2D eigenvalue weighted by molar-refractivity contribution is -0.0315. The summed E-state index contributed by atoms with van der Waals surface area (Å²) in [4.78, 5) is 0. The fourth-order valence-electron chi connectivity index (χ4n) is 8.15. The number of fused-ring (bicyclic) bond motifs is 7. The zero-order valence-corrected chi connectivity index (χ0v) is 13.1. The summed E-state index contributed by atoms with van der Waals surface area (Å²) in [5.74, 6) is 9.42. The molecular weight excluding hydrogens is 252 g/mol. The molecule has 0 bridgehead atoms. The Morgan fingerprint density at radius 2 is 1.14 bits per heavy atom. The highest BCUT2D eigenvalue weighted by Crippen LogP contribution is 2.63. The summed E-state index contributed by atoms with van der Waals surface area (Å²) in [5.41, 5.74) is 0. The van der Waals surface area contributed by atoms with Gasteiger partial charge in [-0.15, -0.1) is 0 Å². The smallest absolute Gasteiger partial charge is 0.0323 e. The summed E-state index contributed by atoms with van der Waals surface area (Å²) in [7, 11) is 0. The van der Waals surface area contributed by atoms with Gasteiger partial charge in [0.25, 0.3) is 0 Å². The van der Waals surface area contributed by atoms with Gasteiger partial charge in [0, 0.05) is 0 Å². The lowest BCUT2D eigenvalue weighted by atomic mass is 9.53. The van der Waals surface area contributed by atoms with E-state index in [0.717, 1.165) is 5.92 Å². The van der Waals surface area contributed by atoms with Crippen molar-refractivity contribution in [1.82, 2.24) is 0 Å². The third-order valence-electron chi connectivity index (χ3n) is 8.67. The molecule has 8 atom stereocenters. The first-order chi connectivity index (χ1) is 9.92. The van der Waals surface area contributed by atoms with E-state index >= 15 is 0 Å². The van der Waals surface area contributed by atoms with Crippen molar-refractivity contribution >= 4 is 0 Å². The van der Waals surface area contributed by atoms with E-state index in [-0.39, 0.29) is 7.43 Å². The second-order valence-electron chi connectivity index (χ2n) is 9.12. The minimum absolute atomic E-state index is 0. The largest absolute Gasteiger partial charge is 0.0776 e. The normalized spacial score (nSPS) is 54.9. The lowest BCUT2D eigenvalue weighted by Crippen LogP contribution is -2.44. The van der Waals surface area contributed by atoms with Gasteiger partial charge in [-0.25, -0.2) is 0 Å². The van der Waals surface area contributed by atoms with Crippen LogP contribution in [-0.2, 0) is 0 Å². The van der Waals surface area contributed by atoms with Crippen molar-refractivity contribution in [3.8, 4) is 0 Å². The third kappa shape index (κ3) is 2.14. The van der Waals surface area contributed by atoms with Crippen molar-refractivity contribution in [3.05, 3.63) is 0 Å². The van der Waals surface area contributed by atoms with Crippen LogP contribution in [0.5, 0.6) is 0 Å². The van der Waals surface area contributed by atoms with Gasteiger partial charge in [-0.05, 0) is 92.3 Å². The van der Waals surface area contributed by atoms with Crippen LogP contribution in [0.4, 0.5) is 0 Å². The molecule has 5 aliphatic carbocycles. The van der Waals surface area contributed by atoms with Crippen LogP contribution in [0.15, 0.2) is 0 Å². The molecule has 120 valence electrons. The van der Waals surface area contributed by atoms with E-state index in [0.29, 0.717) is 0 Å². The molecule has 5 fully saturated rings. The van der Waals surface area contributed by atoms with Gasteiger partial charge >= 0.3 is 0 Å². The van der Waals surface area contributed by atoms with Crippen molar-refractivity contribution in [3.63, 3.8) is 0 Å². The molecule has 0 aromatic rings. The van der Waals surface area contributed by atoms with E-state index in [2.05, 4.69) is 0 Å². The Hall–Kier alpha value is 0. The Kier molecular flexibility index (Phi) is 3.87. The first-order valence-corrected chi connectivity index (χ1v) is 9.92. The van der Waals surface area contributed by atoms with Crippen LogP contribution in [0, 0.1) is 47.3 Å². The molecular formula is C21H36. The van der Waals surface area contributed by atoms with E-state index in [1.54, 1.807) is 77.0 Å². The third-order valence-corrected chi connectivity index (χ3v) is 8.67. The molecule has 0 heterocycles. The zero-order chi connectivity index (χ0) is 13.1. The van der Waals surface area contributed by atoms with Crippen molar-refractivity contribution in [2.75, 3.05) is 0 Å². The average Bonchev–Trinajstić information content (AvgIpc) is 3.06. The Morgan fingerprint density at radius 3 is 2.10 bits per heavy atom. The van der Waals surface area contributed by atoms with Gasteiger partial charge in [0.05, 0.1) is 0 Å². The summed E-state index contributed by atoms with van der Waals surface area (Å²) in [6.45, 7) is 0. The second-order valence-corrected chi connectivity index (χ2v) is 9.12. The topological polar surface area (TPSA) is 0 Å². The molecule has 5 rings (SSSR count). The molecule has 0 aromatic carbocycles. The van der Waals surface area contributed by atoms with Crippen LogP contribution in [0.25, 0.3) is 0 Å². The standard InChI is InChI=1S/C20H32.CH4/c1-2-6-16-13(4-1)8-11-19-18(16)10-9-15-12-14-5-3-7-17(14)20(15)19;/h13-20H,1-12H2;1H4. The van der Waals surface area contributed by atoms with Crippen molar-refractivity contribution in [2.24, 2.45) is 47.3 Å². The maximum Gasteiger partial charge on any atom is -0.0323 e. The highest BCUT2D eigenvalue weighted by Gasteiger charge is 2.54. The van der Waals surface area contributed by atoms with E-state index < -0.39 is 0 Å². The first-order valence-electron chi connectivity index (χ1n) is 9.92. The molecule has 0 saturated heterocycles. The maximum atomic E-state index is 1.65. The van der Waals surface area contributed by atoms with Gasteiger partial charge in [0.1, 0.15) is 0 Å². The highest BCUT2D eigenvalue weighted by atomic mass is 14.6. The zero-order valence-electron chi connectivity index (χ0n) is 13.1. The number of hydrogen-bond acceptors (Lipinski definition) is 0. The molecule has 0 radical (unpaired) electrons. The summed E-state index contributed by atoms with van der Waals surface area (Å²) in [6.07, 6.45) is 19.3. The minimum Gasteiger partial charge on any atom is -0.0776 e. The van der Waals surface area contributed by atoms with Gasteiger partial charge < -0.3 is 0 Å². The fourth-order valence-corrected chi connectivity index (χ4v) is 8.15. The van der Waals surface area contributed by atoms with Crippen molar-refractivity contribution in [1.29, 1.82) is 0 Å². The highest BCUT2D eigenvalue weighted by molar-refractivity contribution is 5.04. The van der Waals surface area contributed by atoms with E-state index in [1.807, 2.05) is 0 Å². The maximum absolute atomic E-state index is 1.65.